The van der Waals surface area contributed by atoms with Gasteiger partial charge >= 0.3 is 11.9 Å². The molecule has 1 saturated carbocycles. The monoisotopic (exact) mass is 384 g/mol. The Balaban J connectivity index is 1.76. The van der Waals surface area contributed by atoms with Crippen molar-refractivity contribution in [3.63, 3.8) is 0 Å². The quantitative estimate of drug-likeness (QED) is 0.733. The number of carbonyl (C=O) groups is 2. The van der Waals surface area contributed by atoms with Gasteiger partial charge in [-0.05, 0) is 42.7 Å². The second-order valence-corrected chi connectivity index (χ2v) is 7.00. The number of rotatable bonds is 7. The van der Waals surface area contributed by atoms with Crippen LogP contribution in [0.5, 0.6) is 17.2 Å². The van der Waals surface area contributed by atoms with Crippen molar-refractivity contribution in [1.29, 1.82) is 0 Å². The molecule has 1 fully saturated rings. The first-order valence-corrected chi connectivity index (χ1v) is 8.91. The Labute approximate surface area is 161 Å². The second kappa shape index (κ2) is 6.74. The van der Waals surface area contributed by atoms with E-state index in [0.29, 0.717) is 35.7 Å². The van der Waals surface area contributed by atoms with Crippen LogP contribution < -0.4 is 14.2 Å². The van der Waals surface area contributed by atoms with Crippen LogP contribution in [0.2, 0.25) is 0 Å². The summed E-state index contributed by atoms with van der Waals surface area (Å²) in [5.41, 5.74) is 2.04. The zero-order chi connectivity index (χ0) is 19.9. The molecular weight excluding hydrogens is 364 g/mol. The number of fused-ring (bicyclic) bond motifs is 1. The van der Waals surface area contributed by atoms with Crippen molar-refractivity contribution in [2.45, 2.75) is 19.4 Å². The molecule has 2 aromatic carbocycles. The van der Waals surface area contributed by atoms with Gasteiger partial charge in [0, 0.05) is 11.1 Å². The summed E-state index contributed by atoms with van der Waals surface area (Å²) in [5.74, 6) is 0.112. The first-order valence-electron chi connectivity index (χ1n) is 8.91. The molecule has 0 aromatic heterocycles. The van der Waals surface area contributed by atoms with Crippen LogP contribution in [0, 0.1) is 5.41 Å². The SMILES string of the molecule is COc1ccc(-c2ccc3c(c2)COC3=O)c(OCC2(C(=O)O)CC2)c1OC. The number of carboxylic acid groups (broad SMARTS) is 1. The van der Waals surface area contributed by atoms with E-state index in [-0.39, 0.29) is 19.2 Å². The van der Waals surface area contributed by atoms with Gasteiger partial charge in [0.15, 0.2) is 11.5 Å². The minimum Gasteiger partial charge on any atom is -0.493 e. The van der Waals surface area contributed by atoms with E-state index in [1.54, 1.807) is 12.1 Å². The van der Waals surface area contributed by atoms with Gasteiger partial charge < -0.3 is 24.1 Å². The van der Waals surface area contributed by atoms with Gasteiger partial charge in [0.25, 0.3) is 0 Å². The number of carboxylic acids is 1. The van der Waals surface area contributed by atoms with E-state index in [1.165, 1.54) is 14.2 Å². The summed E-state index contributed by atoms with van der Waals surface area (Å²) < 4.78 is 21.9. The molecule has 0 spiro atoms. The molecule has 1 heterocycles. The lowest BCUT2D eigenvalue weighted by atomic mass is 9.99. The number of hydrogen-bond donors (Lipinski definition) is 1. The first-order chi connectivity index (χ1) is 13.5. The Hall–Kier alpha value is -3.22. The minimum atomic E-state index is -0.857. The van der Waals surface area contributed by atoms with Crippen LogP contribution in [0.3, 0.4) is 0 Å². The van der Waals surface area contributed by atoms with Gasteiger partial charge in [-0.25, -0.2) is 4.79 Å². The third-order valence-corrected chi connectivity index (χ3v) is 5.30. The number of benzene rings is 2. The van der Waals surface area contributed by atoms with Crippen molar-refractivity contribution in [1.82, 2.24) is 0 Å². The standard InChI is InChI=1S/C21H20O7/c1-25-16-6-5-14(12-3-4-15-13(9-12)10-27-19(15)22)17(18(16)26-2)28-11-21(7-8-21)20(23)24/h3-6,9H,7-8,10-11H2,1-2H3,(H,23,24). The van der Waals surface area contributed by atoms with Crippen LogP contribution in [-0.4, -0.2) is 37.9 Å². The number of hydrogen-bond acceptors (Lipinski definition) is 6. The van der Waals surface area contributed by atoms with E-state index in [1.807, 2.05) is 18.2 Å². The maximum absolute atomic E-state index is 11.7. The lowest BCUT2D eigenvalue weighted by Gasteiger charge is -2.20. The average Bonchev–Trinajstić information content (AvgIpc) is 3.42. The predicted molar refractivity (Wildman–Crippen MR) is 98.9 cm³/mol. The van der Waals surface area contributed by atoms with Gasteiger partial charge in [0.2, 0.25) is 5.75 Å². The Kier molecular flexibility index (Phi) is 4.37. The van der Waals surface area contributed by atoms with E-state index < -0.39 is 11.4 Å². The molecule has 0 saturated heterocycles. The topological polar surface area (TPSA) is 91.3 Å². The molecule has 28 heavy (non-hydrogen) atoms. The van der Waals surface area contributed by atoms with Crippen LogP contribution in [0.1, 0.15) is 28.8 Å². The van der Waals surface area contributed by atoms with Gasteiger partial charge in [0.1, 0.15) is 18.6 Å². The van der Waals surface area contributed by atoms with E-state index in [2.05, 4.69) is 0 Å². The third-order valence-electron chi connectivity index (χ3n) is 5.30. The van der Waals surface area contributed by atoms with Gasteiger partial charge in [-0.3, -0.25) is 4.79 Å². The van der Waals surface area contributed by atoms with Crippen LogP contribution in [0.4, 0.5) is 0 Å². The maximum Gasteiger partial charge on any atom is 0.338 e. The number of aliphatic carboxylic acids is 1. The van der Waals surface area contributed by atoms with Crippen LogP contribution in [-0.2, 0) is 16.1 Å². The van der Waals surface area contributed by atoms with Crippen molar-refractivity contribution in [3.8, 4) is 28.4 Å². The smallest absolute Gasteiger partial charge is 0.338 e. The van der Waals surface area contributed by atoms with Crippen LogP contribution in [0.15, 0.2) is 30.3 Å². The molecule has 0 unspecified atom stereocenters. The number of methoxy groups -OCH3 is 2. The first kappa shape index (κ1) is 18.2. The van der Waals surface area contributed by atoms with Crippen molar-refractivity contribution < 1.29 is 33.6 Å². The van der Waals surface area contributed by atoms with Crippen LogP contribution in [0.25, 0.3) is 11.1 Å². The third kappa shape index (κ3) is 2.93. The molecule has 2 aliphatic rings. The Morgan fingerprint density at radius 2 is 1.86 bits per heavy atom. The molecule has 2 aromatic rings. The lowest BCUT2D eigenvalue weighted by molar-refractivity contribution is -0.144. The molecule has 0 amide bonds. The lowest BCUT2D eigenvalue weighted by Crippen LogP contribution is -2.23. The summed E-state index contributed by atoms with van der Waals surface area (Å²) >= 11 is 0. The van der Waals surface area contributed by atoms with E-state index >= 15 is 0 Å². The highest BCUT2D eigenvalue weighted by Crippen LogP contribution is 2.49. The van der Waals surface area contributed by atoms with Gasteiger partial charge in [0.05, 0.1) is 19.8 Å². The summed E-state index contributed by atoms with van der Waals surface area (Å²) in [6.07, 6.45) is 1.17. The van der Waals surface area contributed by atoms with E-state index in [0.717, 1.165) is 16.7 Å². The summed E-state index contributed by atoms with van der Waals surface area (Å²) in [6, 6.07) is 9.00. The Morgan fingerprint density at radius 3 is 2.50 bits per heavy atom. The molecule has 1 aliphatic carbocycles. The normalized spacial score (nSPS) is 16.1. The molecular formula is C21H20O7. The molecule has 1 N–H and O–H groups in total. The van der Waals surface area contributed by atoms with E-state index in [4.69, 9.17) is 18.9 Å². The zero-order valence-electron chi connectivity index (χ0n) is 15.6. The number of ether oxygens (including phenoxy) is 4. The minimum absolute atomic E-state index is 0.0470. The number of carbonyl (C=O) groups excluding carboxylic acids is 1. The molecule has 1 aliphatic heterocycles. The summed E-state index contributed by atoms with van der Waals surface area (Å²) in [7, 11) is 3.03. The zero-order valence-corrected chi connectivity index (χ0v) is 15.6. The molecule has 0 atom stereocenters. The van der Waals surface area contributed by atoms with Gasteiger partial charge in [-0.15, -0.1) is 0 Å². The number of esters is 1. The van der Waals surface area contributed by atoms with Crippen molar-refractivity contribution >= 4 is 11.9 Å². The van der Waals surface area contributed by atoms with E-state index in [9.17, 15) is 14.7 Å². The summed E-state index contributed by atoms with van der Waals surface area (Å²) in [5, 5.41) is 9.44. The summed E-state index contributed by atoms with van der Waals surface area (Å²) in [4.78, 5) is 23.2. The highest BCUT2D eigenvalue weighted by atomic mass is 16.5. The molecule has 146 valence electrons. The van der Waals surface area contributed by atoms with Crippen molar-refractivity contribution in [2.24, 2.45) is 5.41 Å². The summed E-state index contributed by atoms with van der Waals surface area (Å²) in [6.45, 7) is 0.277. The Morgan fingerprint density at radius 1 is 1.11 bits per heavy atom. The number of cyclic esters (lactones) is 1. The maximum atomic E-state index is 11.7. The van der Waals surface area contributed by atoms with Gasteiger partial charge in [-0.2, -0.15) is 0 Å². The van der Waals surface area contributed by atoms with Crippen molar-refractivity contribution in [2.75, 3.05) is 20.8 Å². The Bertz CT molecular complexity index is 959. The second-order valence-electron chi connectivity index (χ2n) is 7.00. The molecule has 4 rings (SSSR count). The molecule has 0 bridgehead atoms. The molecule has 7 heteroatoms. The highest BCUT2D eigenvalue weighted by molar-refractivity contribution is 5.94. The highest BCUT2D eigenvalue weighted by Gasteiger charge is 2.51. The molecule has 7 nitrogen and oxygen atoms in total. The fraction of sp³-hybridized carbons (Fsp3) is 0.333. The fourth-order valence-corrected chi connectivity index (χ4v) is 3.35. The fourth-order valence-electron chi connectivity index (χ4n) is 3.35. The molecule has 0 radical (unpaired) electrons. The van der Waals surface area contributed by atoms with Gasteiger partial charge in [-0.1, -0.05) is 6.07 Å². The predicted octanol–water partition coefficient (Wildman–Crippen LogP) is 3.28. The van der Waals surface area contributed by atoms with Crippen LogP contribution >= 0.6 is 0 Å². The van der Waals surface area contributed by atoms with Crippen molar-refractivity contribution in [3.05, 3.63) is 41.5 Å². The largest absolute Gasteiger partial charge is 0.493 e. The average molecular weight is 384 g/mol.